The second-order valence-electron chi connectivity index (χ2n) is 10.5. The van der Waals surface area contributed by atoms with Gasteiger partial charge in [0.15, 0.2) is 0 Å². The molecule has 1 fully saturated rings. The normalized spacial score (nSPS) is 18.7. The molecule has 12 heteroatoms. The van der Waals surface area contributed by atoms with Crippen LogP contribution in [-0.2, 0) is 12.0 Å². The van der Waals surface area contributed by atoms with Gasteiger partial charge in [0.25, 0.3) is 5.91 Å². The summed E-state index contributed by atoms with van der Waals surface area (Å²) in [7, 11) is 1.84. The van der Waals surface area contributed by atoms with E-state index in [1.165, 1.54) is 10.6 Å². The van der Waals surface area contributed by atoms with Crippen molar-refractivity contribution in [3.05, 3.63) is 47.7 Å². The van der Waals surface area contributed by atoms with E-state index in [1.807, 2.05) is 32.7 Å². The number of aromatic nitrogens is 4. The number of halogens is 4. The minimum Gasteiger partial charge on any atom is -0.364 e. The lowest BCUT2D eigenvalue weighted by Crippen LogP contribution is -2.46. The summed E-state index contributed by atoms with van der Waals surface area (Å²) in [6.07, 6.45) is -3.12. The van der Waals surface area contributed by atoms with Crippen molar-refractivity contribution in [1.82, 2.24) is 29.4 Å². The molecule has 0 aliphatic carbocycles. The van der Waals surface area contributed by atoms with Gasteiger partial charge in [-0.3, -0.25) is 4.79 Å². The molecule has 0 saturated carbocycles. The molecule has 0 spiro atoms. The molecule has 2 N–H and O–H groups in total. The van der Waals surface area contributed by atoms with Gasteiger partial charge in [-0.25, -0.2) is 13.9 Å². The molecule has 0 unspecified atom stereocenters. The first-order chi connectivity index (χ1) is 17.8. The first-order valence-corrected chi connectivity index (χ1v) is 12.3. The quantitative estimate of drug-likeness (QED) is 0.387. The number of nitrogens with zero attached hydrogens (tertiary/aromatic N) is 5. The summed E-state index contributed by atoms with van der Waals surface area (Å²) in [6.45, 7) is 6.78. The van der Waals surface area contributed by atoms with Gasteiger partial charge < -0.3 is 20.1 Å². The first-order valence-electron chi connectivity index (χ1n) is 12.3. The van der Waals surface area contributed by atoms with Gasteiger partial charge in [-0.2, -0.15) is 18.3 Å². The molecule has 0 bridgehead atoms. The van der Waals surface area contributed by atoms with Crippen LogP contribution in [-0.4, -0.2) is 75.0 Å². The highest BCUT2D eigenvalue weighted by Crippen LogP contribution is 2.28. The number of nitrogens with one attached hydrogen (secondary N) is 2. The summed E-state index contributed by atoms with van der Waals surface area (Å²) in [5.41, 5.74) is 0.0713. The molecule has 3 aromatic heterocycles. The van der Waals surface area contributed by atoms with Gasteiger partial charge >= 0.3 is 6.18 Å². The number of anilines is 1. The SMILES string of the molecule is CN1CC[C@@H](Nc2cccc3c(CC(F)(F)F)c(C#CCNC(=O)c4cn(C(C)(C)C)cn4)nn23)[C@@H](F)C1. The van der Waals surface area contributed by atoms with Crippen LogP contribution in [0, 0.1) is 11.8 Å². The predicted molar refractivity (Wildman–Crippen MR) is 136 cm³/mol. The number of fused-ring (bicyclic) bond motifs is 1. The van der Waals surface area contributed by atoms with Gasteiger partial charge in [0.05, 0.1) is 30.9 Å². The molecular formula is C26H31F4N7O. The summed E-state index contributed by atoms with van der Waals surface area (Å²) >= 11 is 0. The highest BCUT2D eigenvalue weighted by Gasteiger charge is 2.32. The number of alkyl halides is 4. The minimum atomic E-state index is -4.48. The Balaban J connectivity index is 1.55. The van der Waals surface area contributed by atoms with Crippen molar-refractivity contribution in [3.63, 3.8) is 0 Å². The van der Waals surface area contributed by atoms with Gasteiger partial charge in [0.1, 0.15) is 23.4 Å². The zero-order valence-electron chi connectivity index (χ0n) is 21.7. The number of carbonyl (C=O) groups is 1. The Morgan fingerprint density at radius 1 is 1.24 bits per heavy atom. The number of hydrogen-bond donors (Lipinski definition) is 2. The summed E-state index contributed by atoms with van der Waals surface area (Å²) in [5, 5.41) is 10.0. The number of amides is 1. The van der Waals surface area contributed by atoms with Gasteiger partial charge in [0.2, 0.25) is 0 Å². The molecule has 204 valence electrons. The molecular weight excluding hydrogens is 502 g/mol. The van der Waals surface area contributed by atoms with E-state index in [9.17, 15) is 22.4 Å². The highest BCUT2D eigenvalue weighted by molar-refractivity contribution is 5.92. The largest absolute Gasteiger partial charge is 0.393 e. The highest BCUT2D eigenvalue weighted by atomic mass is 19.4. The first kappa shape index (κ1) is 27.4. The van der Waals surface area contributed by atoms with E-state index in [2.05, 4.69) is 32.6 Å². The Labute approximate surface area is 218 Å². The van der Waals surface area contributed by atoms with Crippen LogP contribution in [0.4, 0.5) is 23.4 Å². The van der Waals surface area contributed by atoms with E-state index in [1.54, 1.807) is 29.2 Å². The Morgan fingerprint density at radius 2 is 2.00 bits per heavy atom. The Bertz CT molecular complexity index is 1360. The van der Waals surface area contributed by atoms with Crippen LogP contribution in [0.3, 0.4) is 0 Å². The fraction of sp³-hybridized carbons (Fsp3) is 0.500. The summed E-state index contributed by atoms with van der Waals surface area (Å²) in [6, 6.07) is 4.30. The van der Waals surface area contributed by atoms with Crippen LogP contribution in [0.15, 0.2) is 30.7 Å². The standard InChI is InChI=1S/C26H31F4N7O/c1-25(2,3)36-15-21(32-16-36)24(38)31-11-6-7-19-17(13-26(28,29)30)22-8-5-9-23(37(22)34-19)33-20-10-12-35(4)14-18(20)27/h5,8-9,15-16,18,20,33H,10-14H2,1-4H3,(H,31,38)/t18-,20+/m0/s1. The Hall–Kier alpha value is -3.59. The zero-order chi connectivity index (χ0) is 27.7. The number of imidazole rings is 1. The third kappa shape index (κ3) is 6.45. The van der Waals surface area contributed by atoms with Crippen LogP contribution >= 0.6 is 0 Å². The molecule has 3 aromatic rings. The van der Waals surface area contributed by atoms with E-state index in [0.717, 1.165) is 0 Å². The average Bonchev–Trinajstić information content (AvgIpc) is 3.44. The van der Waals surface area contributed by atoms with Crippen molar-refractivity contribution in [3.8, 4) is 11.8 Å². The number of pyridine rings is 1. The number of likely N-dealkylation sites (tertiary alicyclic amines) is 1. The molecule has 1 aliphatic rings. The van der Waals surface area contributed by atoms with Gasteiger partial charge in [0, 0.05) is 30.4 Å². The van der Waals surface area contributed by atoms with Crippen molar-refractivity contribution in [2.24, 2.45) is 0 Å². The van der Waals surface area contributed by atoms with Gasteiger partial charge in [-0.15, -0.1) is 0 Å². The number of piperidine rings is 1. The van der Waals surface area contributed by atoms with Crippen LogP contribution < -0.4 is 10.6 Å². The Kier molecular flexibility index (Phi) is 7.69. The van der Waals surface area contributed by atoms with E-state index in [-0.39, 0.29) is 41.1 Å². The maximum Gasteiger partial charge on any atom is 0.393 e. The number of rotatable bonds is 5. The zero-order valence-corrected chi connectivity index (χ0v) is 21.7. The third-order valence-corrected chi connectivity index (χ3v) is 6.35. The van der Waals surface area contributed by atoms with E-state index in [4.69, 9.17) is 0 Å². The smallest absolute Gasteiger partial charge is 0.364 e. The fourth-order valence-corrected chi connectivity index (χ4v) is 4.26. The Morgan fingerprint density at radius 3 is 2.66 bits per heavy atom. The van der Waals surface area contributed by atoms with Crippen LogP contribution in [0.1, 0.15) is 48.9 Å². The molecule has 1 aliphatic heterocycles. The van der Waals surface area contributed by atoms with Crippen LogP contribution in [0.5, 0.6) is 0 Å². The summed E-state index contributed by atoms with van der Waals surface area (Å²) in [4.78, 5) is 18.4. The molecule has 4 heterocycles. The molecule has 38 heavy (non-hydrogen) atoms. The predicted octanol–water partition coefficient (Wildman–Crippen LogP) is 3.63. The lowest BCUT2D eigenvalue weighted by Gasteiger charge is -2.33. The maximum absolute atomic E-state index is 14.6. The molecule has 2 atom stereocenters. The second kappa shape index (κ2) is 10.6. The topological polar surface area (TPSA) is 79.5 Å². The minimum absolute atomic E-state index is 0.0528. The summed E-state index contributed by atoms with van der Waals surface area (Å²) < 4.78 is 58.0. The van der Waals surface area contributed by atoms with Crippen molar-refractivity contribution >= 4 is 17.2 Å². The fourth-order valence-electron chi connectivity index (χ4n) is 4.26. The lowest BCUT2D eigenvalue weighted by atomic mass is 10.0. The van der Waals surface area contributed by atoms with E-state index >= 15 is 0 Å². The van der Waals surface area contributed by atoms with Crippen molar-refractivity contribution < 1.29 is 22.4 Å². The summed E-state index contributed by atoms with van der Waals surface area (Å²) in [5.74, 6) is 5.31. The van der Waals surface area contributed by atoms with Crippen molar-refractivity contribution in [1.29, 1.82) is 0 Å². The molecule has 1 amide bonds. The molecule has 0 aromatic carbocycles. The van der Waals surface area contributed by atoms with Crippen LogP contribution in [0.2, 0.25) is 0 Å². The van der Waals surface area contributed by atoms with E-state index in [0.29, 0.717) is 18.8 Å². The second-order valence-corrected chi connectivity index (χ2v) is 10.5. The molecule has 1 saturated heterocycles. The van der Waals surface area contributed by atoms with Crippen molar-refractivity contribution in [2.45, 2.75) is 57.5 Å². The number of hydrogen-bond acceptors (Lipinski definition) is 5. The maximum atomic E-state index is 14.6. The van der Waals surface area contributed by atoms with Crippen LogP contribution in [0.25, 0.3) is 5.52 Å². The number of carbonyl (C=O) groups excluding carboxylic acids is 1. The average molecular weight is 534 g/mol. The third-order valence-electron chi connectivity index (χ3n) is 6.35. The van der Waals surface area contributed by atoms with E-state index < -0.39 is 30.7 Å². The van der Waals surface area contributed by atoms with Gasteiger partial charge in [-0.05, 0) is 52.3 Å². The monoisotopic (exact) mass is 533 g/mol. The van der Waals surface area contributed by atoms with Crippen molar-refractivity contribution in [2.75, 3.05) is 32.0 Å². The lowest BCUT2D eigenvalue weighted by molar-refractivity contribution is -0.127. The van der Waals surface area contributed by atoms with Gasteiger partial charge in [-0.1, -0.05) is 12.0 Å². The molecule has 4 rings (SSSR count). The molecule has 8 nitrogen and oxygen atoms in total. The molecule has 0 radical (unpaired) electrons.